The van der Waals surface area contributed by atoms with Gasteiger partial charge in [-0.2, -0.15) is 0 Å². The molecule has 0 aromatic rings. The Morgan fingerprint density at radius 2 is 0.676 bits per heavy atom. The molecule has 0 bridgehead atoms. The minimum atomic E-state index is -0.833. The summed E-state index contributed by atoms with van der Waals surface area (Å²) in [5.74, 6) is -1.85. The van der Waals surface area contributed by atoms with Crippen LogP contribution in [0.3, 0.4) is 0 Å². The Balaban J connectivity index is 1.43. The van der Waals surface area contributed by atoms with Gasteiger partial charge in [0.05, 0.1) is 0 Å². The maximum atomic E-state index is 12.2. The molecule has 0 aromatic heterocycles. The van der Waals surface area contributed by atoms with Gasteiger partial charge in [-0.25, -0.2) is 0 Å². The molecule has 6 nitrogen and oxygen atoms in total. The van der Waals surface area contributed by atoms with E-state index < -0.39 is 29.8 Å². The summed E-state index contributed by atoms with van der Waals surface area (Å²) in [5.41, 5.74) is 0. The van der Waals surface area contributed by atoms with Gasteiger partial charge in [0.15, 0.2) is 0 Å². The van der Waals surface area contributed by atoms with Gasteiger partial charge in [-0.15, -0.1) is 0 Å². The number of carbonyl (C=O) groups is 4. The number of amides is 4. The molecule has 0 fully saturated rings. The number of hydrogen-bond acceptors (Lipinski definition) is 4. The lowest BCUT2D eigenvalue weighted by Crippen LogP contribution is -2.53. The molecule has 0 aliphatic carbocycles. The third-order valence-electron chi connectivity index (χ3n) is 7.60. The van der Waals surface area contributed by atoms with E-state index in [1.807, 2.05) is 0 Å². The van der Waals surface area contributed by atoms with Crippen molar-refractivity contribution in [2.75, 3.05) is 0 Å². The van der Waals surface area contributed by atoms with E-state index >= 15 is 0 Å². The number of nitrogens with zero attached hydrogens (tertiary/aromatic N) is 2. The molecule has 0 spiro atoms. The van der Waals surface area contributed by atoms with Gasteiger partial charge in [-0.05, 0) is 12.8 Å². The highest BCUT2D eigenvalue weighted by atomic mass is 16.2. The van der Waals surface area contributed by atoms with Gasteiger partial charge < -0.3 is 0 Å². The minimum absolute atomic E-state index is 0.428. The van der Waals surface area contributed by atoms with Gasteiger partial charge in [-0.3, -0.25) is 29.0 Å². The van der Waals surface area contributed by atoms with Gasteiger partial charge in [-0.1, -0.05) is 129 Å². The molecular weight excluding hydrogens is 464 g/mol. The van der Waals surface area contributed by atoms with Crippen molar-refractivity contribution in [1.82, 2.24) is 9.80 Å². The van der Waals surface area contributed by atoms with E-state index in [4.69, 9.17) is 0 Å². The van der Waals surface area contributed by atoms with Crippen LogP contribution in [0.25, 0.3) is 0 Å². The van der Waals surface area contributed by atoms with Gasteiger partial charge in [0.2, 0.25) is 0 Å². The van der Waals surface area contributed by atoms with Crippen molar-refractivity contribution in [3.63, 3.8) is 0 Å². The summed E-state index contributed by atoms with van der Waals surface area (Å²) >= 11 is 0. The van der Waals surface area contributed by atoms with Gasteiger partial charge in [0, 0.05) is 24.3 Å². The van der Waals surface area contributed by atoms with Crippen LogP contribution >= 0.6 is 0 Å². The predicted molar refractivity (Wildman–Crippen MR) is 148 cm³/mol. The lowest BCUT2D eigenvalue weighted by Gasteiger charge is -2.32. The summed E-state index contributed by atoms with van der Waals surface area (Å²) < 4.78 is 0. The molecule has 0 unspecified atom stereocenters. The first-order chi connectivity index (χ1) is 18.1. The molecule has 0 radical (unpaired) electrons. The molecule has 208 valence electrons. The quantitative estimate of drug-likeness (QED) is 0.105. The number of unbranched alkanes of at least 4 members (excludes halogenated alkanes) is 19. The van der Waals surface area contributed by atoms with Crippen LogP contribution in [-0.4, -0.2) is 39.6 Å². The average molecular weight is 515 g/mol. The minimum Gasteiger partial charge on any atom is -0.269 e. The molecule has 0 N–H and O–H groups in total. The fraction of sp³-hybridized carbons (Fsp3) is 0.742. The molecule has 2 heterocycles. The SMILES string of the molecule is CCCCCCCCCCCCCCCCCCCCCCC(N1C(=O)C=CC1=O)N1C(=O)C=CC1=O. The third-order valence-corrected chi connectivity index (χ3v) is 7.60. The molecule has 6 heteroatoms. The lowest BCUT2D eigenvalue weighted by atomic mass is 10.0. The summed E-state index contributed by atoms with van der Waals surface area (Å²) in [4.78, 5) is 50.7. The summed E-state index contributed by atoms with van der Waals surface area (Å²) in [6.45, 7) is 2.27. The van der Waals surface area contributed by atoms with Crippen LogP contribution in [0.15, 0.2) is 24.3 Å². The summed E-state index contributed by atoms with van der Waals surface area (Å²) in [5, 5.41) is 0. The highest BCUT2D eigenvalue weighted by Crippen LogP contribution is 2.23. The van der Waals surface area contributed by atoms with E-state index in [1.165, 1.54) is 133 Å². The maximum Gasteiger partial charge on any atom is 0.255 e. The maximum absolute atomic E-state index is 12.2. The summed E-state index contributed by atoms with van der Waals surface area (Å²) in [6.07, 6.45) is 30.4. The van der Waals surface area contributed by atoms with Crippen LogP contribution < -0.4 is 0 Å². The summed E-state index contributed by atoms with van der Waals surface area (Å²) in [6, 6.07) is 0. The van der Waals surface area contributed by atoms with Crippen molar-refractivity contribution in [1.29, 1.82) is 0 Å². The first-order valence-corrected chi connectivity index (χ1v) is 15.2. The highest BCUT2D eigenvalue weighted by Gasteiger charge is 2.40. The van der Waals surface area contributed by atoms with Gasteiger partial charge in [0.1, 0.15) is 6.17 Å². The molecule has 0 saturated heterocycles. The first-order valence-electron chi connectivity index (χ1n) is 15.2. The van der Waals surface area contributed by atoms with E-state index in [0.29, 0.717) is 6.42 Å². The number of imide groups is 2. The first kappa shape index (κ1) is 31.0. The van der Waals surface area contributed by atoms with Crippen LogP contribution in [-0.2, 0) is 19.2 Å². The average Bonchev–Trinajstić information content (AvgIpc) is 3.40. The van der Waals surface area contributed by atoms with Crippen LogP contribution in [0.5, 0.6) is 0 Å². The number of hydrogen-bond donors (Lipinski definition) is 0. The Morgan fingerprint density at radius 1 is 0.432 bits per heavy atom. The number of rotatable bonds is 23. The lowest BCUT2D eigenvalue weighted by molar-refractivity contribution is -0.152. The van der Waals surface area contributed by atoms with E-state index in [2.05, 4.69) is 6.92 Å². The Hall–Kier alpha value is -2.24. The van der Waals surface area contributed by atoms with E-state index in [-0.39, 0.29) is 0 Å². The van der Waals surface area contributed by atoms with Gasteiger partial charge >= 0.3 is 0 Å². The zero-order valence-corrected chi connectivity index (χ0v) is 23.3. The molecule has 2 aliphatic heterocycles. The Labute approximate surface area is 224 Å². The zero-order valence-electron chi connectivity index (χ0n) is 23.3. The number of carbonyl (C=O) groups excluding carboxylic acids is 4. The van der Waals surface area contributed by atoms with Crippen molar-refractivity contribution >= 4 is 23.6 Å². The van der Waals surface area contributed by atoms with Crippen LogP contribution in [0.4, 0.5) is 0 Å². The molecule has 0 saturated carbocycles. The van der Waals surface area contributed by atoms with Crippen LogP contribution in [0.1, 0.15) is 142 Å². The molecular formula is C31H50N2O4. The molecule has 0 atom stereocenters. The van der Waals surface area contributed by atoms with E-state index in [0.717, 1.165) is 29.1 Å². The second-order valence-electron chi connectivity index (χ2n) is 10.7. The Morgan fingerprint density at radius 3 is 0.946 bits per heavy atom. The monoisotopic (exact) mass is 514 g/mol. The summed E-state index contributed by atoms with van der Waals surface area (Å²) in [7, 11) is 0. The fourth-order valence-electron chi connectivity index (χ4n) is 5.37. The largest absolute Gasteiger partial charge is 0.269 e. The molecule has 2 aliphatic rings. The second-order valence-corrected chi connectivity index (χ2v) is 10.7. The third kappa shape index (κ3) is 11.8. The van der Waals surface area contributed by atoms with Crippen molar-refractivity contribution in [3.8, 4) is 0 Å². The van der Waals surface area contributed by atoms with E-state index in [1.54, 1.807) is 0 Å². The molecule has 4 amide bonds. The standard InChI is InChI=1S/C31H50N2O4/c1-2-3-4-5-6-7-8-9-10-11-12-13-14-15-16-17-18-19-20-21-22-27(32-28(34)23-24-29(32)35)33-30(36)25-26-31(33)37/h23-27H,2-22H2,1H3. The van der Waals surface area contributed by atoms with Gasteiger partial charge in [0.25, 0.3) is 23.6 Å². The topological polar surface area (TPSA) is 74.8 Å². The molecule has 37 heavy (non-hydrogen) atoms. The molecule has 2 rings (SSSR count). The fourth-order valence-corrected chi connectivity index (χ4v) is 5.37. The van der Waals surface area contributed by atoms with Crippen LogP contribution in [0, 0.1) is 0 Å². The normalized spacial score (nSPS) is 15.4. The molecule has 0 aromatic carbocycles. The van der Waals surface area contributed by atoms with Crippen LogP contribution in [0.2, 0.25) is 0 Å². The smallest absolute Gasteiger partial charge is 0.255 e. The van der Waals surface area contributed by atoms with Crippen molar-refractivity contribution in [3.05, 3.63) is 24.3 Å². The predicted octanol–water partition coefficient (Wildman–Crippen LogP) is 7.37. The van der Waals surface area contributed by atoms with Crippen molar-refractivity contribution in [2.24, 2.45) is 0 Å². The zero-order chi connectivity index (χ0) is 26.7. The van der Waals surface area contributed by atoms with E-state index in [9.17, 15) is 19.2 Å². The highest BCUT2D eigenvalue weighted by molar-refractivity contribution is 6.16. The Kier molecular flexibility index (Phi) is 15.8. The Bertz CT molecular complexity index is 695. The van der Waals surface area contributed by atoms with Crippen molar-refractivity contribution in [2.45, 2.75) is 148 Å². The van der Waals surface area contributed by atoms with Crippen molar-refractivity contribution < 1.29 is 19.2 Å². The second kappa shape index (κ2) is 18.9.